The number of carbonyl (C=O) groups excluding carboxylic acids is 1. The highest BCUT2D eigenvalue weighted by molar-refractivity contribution is 6.30. The van der Waals surface area contributed by atoms with Crippen LogP contribution in [0.4, 0.5) is 5.95 Å². The molecule has 0 atom stereocenters. The standard InChI is InChI=1S/C10H10ClN5O/c11-8-3-1-2-7(6-8)4-5-9(17)12-10-13-15-16-14-10/h1-3,6H,4-5H2,(H2,12,13,14,15,16,17). The minimum atomic E-state index is -0.161. The third-order valence-corrected chi connectivity index (χ3v) is 2.36. The molecule has 0 aliphatic heterocycles. The number of benzene rings is 1. The maximum atomic E-state index is 11.5. The molecule has 1 aromatic heterocycles. The average Bonchev–Trinajstić information content (AvgIpc) is 2.79. The van der Waals surface area contributed by atoms with Gasteiger partial charge >= 0.3 is 0 Å². The van der Waals surface area contributed by atoms with Crippen molar-refractivity contribution < 1.29 is 4.79 Å². The lowest BCUT2D eigenvalue weighted by Gasteiger charge is -2.01. The van der Waals surface area contributed by atoms with E-state index >= 15 is 0 Å². The summed E-state index contributed by atoms with van der Waals surface area (Å²) in [5, 5.41) is 16.0. The SMILES string of the molecule is O=C(CCc1cccc(Cl)c1)Nc1nn[nH]n1. The number of H-pyrrole nitrogens is 1. The summed E-state index contributed by atoms with van der Waals surface area (Å²) in [6, 6.07) is 7.41. The van der Waals surface area contributed by atoms with E-state index in [4.69, 9.17) is 11.6 Å². The predicted molar refractivity (Wildman–Crippen MR) is 62.6 cm³/mol. The van der Waals surface area contributed by atoms with Gasteiger partial charge in [-0.2, -0.15) is 5.21 Å². The Balaban J connectivity index is 1.84. The number of nitrogens with one attached hydrogen (secondary N) is 2. The summed E-state index contributed by atoms with van der Waals surface area (Å²) in [6.45, 7) is 0. The summed E-state index contributed by atoms with van der Waals surface area (Å²) in [4.78, 5) is 11.5. The monoisotopic (exact) mass is 251 g/mol. The Bertz CT molecular complexity index is 499. The highest BCUT2D eigenvalue weighted by Crippen LogP contribution is 2.12. The lowest BCUT2D eigenvalue weighted by atomic mass is 10.1. The van der Waals surface area contributed by atoms with Crippen molar-refractivity contribution in [1.82, 2.24) is 20.6 Å². The van der Waals surface area contributed by atoms with E-state index in [9.17, 15) is 4.79 Å². The molecule has 0 saturated heterocycles. The highest BCUT2D eigenvalue weighted by Gasteiger charge is 2.05. The van der Waals surface area contributed by atoms with Crippen molar-refractivity contribution in [2.75, 3.05) is 5.32 Å². The second kappa shape index (κ2) is 5.40. The molecule has 2 rings (SSSR count). The Hall–Kier alpha value is -1.95. The van der Waals surface area contributed by atoms with Gasteiger partial charge in [-0.15, -0.1) is 5.10 Å². The Morgan fingerprint density at radius 1 is 1.47 bits per heavy atom. The number of aromatic amines is 1. The molecule has 0 radical (unpaired) electrons. The molecule has 6 nitrogen and oxygen atoms in total. The molecule has 0 bridgehead atoms. The average molecular weight is 252 g/mol. The minimum absolute atomic E-state index is 0.161. The molecule has 1 aromatic carbocycles. The molecule has 88 valence electrons. The number of amides is 1. The maximum absolute atomic E-state index is 11.5. The van der Waals surface area contributed by atoms with Crippen molar-refractivity contribution >= 4 is 23.5 Å². The van der Waals surface area contributed by atoms with Crippen LogP contribution in [0.25, 0.3) is 0 Å². The molecule has 0 aliphatic carbocycles. The van der Waals surface area contributed by atoms with Crippen LogP contribution in [0.2, 0.25) is 5.02 Å². The van der Waals surface area contributed by atoms with E-state index in [0.29, 0.717) is 17.9 Å². The van der Waals surface area contributed by atoms with Crippen LogP contribution in [-0.2, 0) is 11.2 Å². The first-order chi connectivity index (χ1) is 8.24. The molecule has 1 heterocycles. The Kier molecular flexibility index (Phi) is 3.66. The van der Waals surface area contributed by atoms with E-state index in [1.165, 1.54) is 0 Å². The van der Waals surface area contributed by atoms with E-state index < -0.39 is 0 Å². The van der Waals surface area contributed by atoms with Crippen LogP contribution in [0.5, 0.6) is 0 Å². The van der Waals surface area contributed by atoms with Gasteiger partial charge in [0.05, 0.1) is 0 Å². The van der Waals surface area contributed by atoms with Crippen molar-refractivity contribution in [3.05, 3.63) is 34.9 Å². The van der Waals surface area contributed by atoms with Crippen LogP contribution in [0, 0.1) is 0 Å². The van der Waals surface area contributed by atoms with Gasteiger partial charge in [0.25, 0.3) is 5.95 Å². The molecule has 1 amide bonds. The lowest BCUT2D eigenvalue weighted by Crippen LogP contribution is -2.13. The van der Waals surface area contributed by atoms with Crippen molar-refractivity contribution in [2.24, 2.45) is 0 Å². The van der Waals surface area contributed by atoms with Crippen LogP contribution in [-0.4, -0.2) is 26.5 Å². The molecule has 0 fully saturated rings. The zero-order valence-corrected chi connectivity index (χ0v) is 9.61. The van der Waals surface area contributed by atoms with Gasteiger partial charge in [-0.3, -0.25) is 10.1 Å². The lowest BCUT2D eigenvalue weighted by molar-refractivity contribution is -0.116. The number of hydrogen-bond acceptors (Lipinski definition) is 4. The van der Waals surface area contributed by atoms with E-state index in [0.717, 1.165) is 5.56 Å². The summed E-state index contributed by atoms with van der Waals surface area (Å²) in [6.07, 6.45) is 0.957. The number of aromatic nitrogens is 4. The molecule has 2 aromatic rings. The van der Waals surface area contributed by atoms with Crippen molar-refractivity contribution in [3.63, 3.8) is 0 Å². The first kappa shape index (κ1) is 11.5. The molecule has 0 spiro atoms. The van der Waals surface area contributed by atoms with Crippen molar-refractivity contribution in [3.8, 4) is 0 Å². The smallest absolute Gasteiger partial charge is 0.269 e. The number of anilines is 1. The second-order valence-electron chi connectivity index (χ2n) is 3.41. The number of nitrogens with zero attached hydrogens (tertiary/aromatic N) is 3. The number of aryl methyl sites for hydroxylation is 1. The zero-order chi connectivity index (χ0) is 12.1. The summed E-state index contributed by atoms with van der Waals surface area (Å²) >= 11 is 5.84. The van der Waals surface area contributed by atoms with Gasteiger partial charge in [-0.05, 0) is 29.3 Å². The number of carbonyl (C=O) groups is 1. The van der Waals surface area contributed by atoms with Crippen LogP contribution < -0.4 is 5.32 Å². The minimum Gasteiger partial charge on any atom is -0.292 e. The van der Waals surface area contributed by atoms with E-state index in [1.807, 2.05) is 18.2 Å². The topological polar surface area (TPSA) is 83.6 Å². The van der Waals surface area contributed by atoms with E-state index in [1.54, 1.807) is 6.07 Å². The van der Waals surface area contributed by atoms with Crippen LogP contribution in [0.1, 0.15) is 12.0 Å². The first-order valence-corrected chi connectivity index (χ1v) is 5.39. The zero-order valence-electron chi connectivity index (χ0n) is 8.85. The number of hydrogen-bond donors (Lipinski definition) is 2. The molecule has 17 heavy (non-hydrogen) atoms. The fourth-order valence-corrected chi connectivity index (χ4v) is 1.57. The molecule has 7 heteroatoms. The number of tetrazole rings is 1. The molecular weight excluding hydrogens is 242 g/mol. The summed E-state index contributed by atoms with van der Waals surface area (Å²) < 4.78 is 0. The fourth-order valence-electron chi connectivity index (χ4n) is 1.35. The summed E-state index contributed by atoms with van der Waals surface area (Å²) in [5.74, 6) is 0.0208. The van der Waals surface area contributed by atoms with E-state index in [-0.39, 0.29) is 11.9 Å². The third kappa shape index (κ3) is 3.53. The first-order valence-electron chi connectivity index (χ1n) is 5.02. The summed E-state index contributed by atoms with van der Waals surface area (Å²) in [5.41, 5.74) is 1.01. The predicted octanol–water partition coefficient (Wildman–Crippen LogP) is 1.42. The molecular formula is C10H10ClN5O. The maximum Gasteiger partial charge on any atom is 0.269 e. The third-order valence-electron chi connectivity index (χ3n) is 2.13. The van der Waals surface area contributed by atoms with Crippen LogP contribution >= 0.6 is 11.6 Å². The largest absolute Gasteiger partial charge is 0.292 e. The second-order valence-corrected chi connectivity index (χ2v) is 3.85. The van der Waals surface area contributed by atoms with Gasteiger partial charge in [0.2, 0.25) is 5.91 Å². The quantitative estimate of drug-likeness (QED) is 0.861. The van der Waals surface area contributed by atoms with Crippen LogP contribution in [0.15, 0.2) is 24.3 Å². The van der Waals surface area contributed by atoms with Gasteiger partial charge in [-0.1, -0.05) is 28.8 Å². The Labute approximate surface area is 102 Å². The van der Waals surface area contributed by atoms with E-state index in [2.05, 4.69) is 25.9 Å². The molecule has 0 saturated carbocycles. The Morgan fingerprint density at radius 2 is 2.35 bits per heavy atom. The van der Waals surface area contributed by atoms with Gasteiger partial charge in [0, 0.05) is 11.4 Å². The number of halogens is 1. The molecule has 0 aliphatic rings. The number of rotatable bonds is 4. The van der Waals surface area contributed by atoms with Gasteiger partial charge in [0.15, 0.2) is 0 Å². The van der Waals surface area contributed by atoms with Gasteiger partial charge < -0.3 is 0 Å². The summed E-state index contributed by atoms with van der Waals surface area (Å²) in [7, 11) is 0. The van der Waals surface area contributed by atoms with Gasteiger partial charge in [-0.25, -0.2) is 0 Å². The fraction of sp³-hybridized carbons (Fsp3) is 0.200. The van der Waals surface area contributed by atoms with Gasteiger partial charge in [0.1, 0.15) is 0 Å². The normalized spacial score (nSPS) is 10.2. The van der Waals surface area contributed by atoms with Crippen LogP contribution in [0.3, 0.4) is 0 Å². The Morgan fingerprint density at radius 3 is 3.06 bits per heavy atom. The highest BCUT2D eigenvalue weighted by atomic mass is 35.5. The van der Waals surface area contributed by atoms with Crippen molar-refractivity contribution in [2.45, 2.75) is 12.8 Å². The molecule has 2 N–H and O–H groups in total. The van der Waals surface area contributed by atoms with Crippen molar-refractivity contribution in [1.29, 1.82) is 0 Å². The molecule has 0 unspecified atom stereocenters.